The molecule has 1 aromatic carbocycles. The fourth-order valence-electron chi connectivity index (χ4n) is 2.44. The number of nitrogens with one attached hydrogen (secondary N) is 1. The van der Waals surface area contributed by atoms with Crippen molar-refractivity contribution in [2.45, 2.75) is 13.0 Å². The molecule has 3 N–H and O–H groups in total. The summed E-state index contributed by atoms with van der Waals surface area (Å²) in [6, 6.07) is 3.16. The number of halogens is 2. The molecule has 0 aliphatic carbocycles. The second-order valence-corrected chi connectivity index (χ2v) is 5.70. The maximum absolute atomic E-state index is 12.7. The molecule has 0 bridgehead atoms. The Morgan fingerprint density at radius 2 is 2.17 bits per heavy atom. The number of methoxy groups -OCH3 is 1. The van der Waals surface area contributed by atoms with Crippen LogP contribution in [0.4, 0.5) is 0 Å². The van der Waals surface area contributed by atoms with E-state index in [2.05, 4.69) is 5.32 Å². The Bertz CT molecular complexity index is 613. The van der Waals surface area contributed by atoms with Gasteiger partial charge in [0, 0.05) is 31.2 Å². The first-order chi connectivity index (χ1) is 10.9. The lowest BCUT2D eigenvalue weighted by Gasteiger charge is -2.34. The van der Waals surface area contributed by atoms with Gasteiger partial charge in [-0.05, 0) is 19.1 Å². The molecule has 1 aliphatic heterocycles. The van der Waals surface area contributed by atoms with E-state index in [9.17, 15) is 9.59 Å². The monoisotopic (exact) mass is 377 g/mol. The molecule has 1 aliphatic rings. The molecule has 1 fully saturated rings. The van der Waals surface area contributed by atoms with E-state index >= 15 is 0 Å². The van der Waals surface area contributed by atoms with Gasteiger partial charge in [0.15, 0.2) is 18.1 Å². The zero-order valence-electron chi connectivity index (χ0n) is 13.5. The number of nitrogens with two attached hydrogens (primary N) is 1. The number of benzene rings is 1. The minimum absolute atomic E-state index is 0. The summed E-state index contributed by atoms with van der Waals surface area (Å²) in [5.74, 6) is -0.277. The van der Waals surface area contributed by atoms with Crippen molar-refractivity contribution in [1.29, 1.82) is 0 Å². The third-order valence-corrected chi connectivity index (χ3v) is 3.88. The number of hydrogen-bond acceptors (Lipinski definition) is 5. The SMILES string of the molecule is COc1cc(C(=O)N2CCNC[C@H]2C)cc(Cl)c1OCC(N)=O.Cl. The lowest BCUT2D eigenvalue weighted by molar-refractivity contribution is -0.119. The van der Waals surface area contributed by atoms with E-state index in [0.29, 0.717) is 12.1 Å². The third kappa shape index (κ3) is 4.66. The van der Waals surface area contributed by atoms with Crippen molar-refractivity contribution in [1.82, 2.24) is 10.2 Å². The van der Waals surface area contributed by atoms with Gasteiger partial charge in [0.1, 0.15) is 0 Å². The first-order valence-electron chi connectivity index (χ1n) is 7.24. The number of carbonyl (C=O) groups excluding carboxylic acids is 2. The predicted molar refractivity (Wildman–Crippen MR) is 93.3 cm³/mol. The van der Waals surface area contributed by atoms with Crippen LogP contribution in [0.15, 0.2) is 12.1 Å². The number of ether oxygens (including phenoxy) is 2. The number of primary amides is 1. The summed E-state index contributed by atoms with van der Waals surface area (Å²) >= 11 is 6.18. The van der Waals surface area contributed by atoms with Crippen LogP contribution in [0.2, 0.25) is 5.02 Å². The van der Waals surface area contributed by atoms with Crippen molar-refractivity contribution in [3.63, 3.8) is 0 Å². The molecule has 1 atom stereocenters. The highest BCUT2D eigenvalue weighted by atomic mass is 35.5. The lowest BCUT2D eigenvalue weighted by Crippen LogP contribution is -2.52. The number of amides is 2. The fraction of sp³-hybridized carbons (Fsp3) is 0.467. The maximum atomic E-state index is 12.7. The van der Waals surface area contributed by atoms with Gasteiger partial charge in [-0.3, -0.25) is 9.59 Å². The molecule has 7 nitrogen and oxygen atoms in total. The van der Waals surface area contributed by atoms with Gasteiger partial charge in [-0.1, -0.05) is 11.6 Å². The van der Waals surface area contributed by atoms with Gasteiger partial charge in [-0.25, -0.2) is 0 Å². The summed E-state index contributed by atoms with van der Waals surface area (Å²) in [5, 5.41) is 3.42. The Labute approximate surface area is 151 Å². The highest BCUT2D eigenvalue weighted by Gasteiger charge is 2.26. The van der Waals surface area contributed by atoms with E-state index in [1.807, 2.05) is 6.92 Å². The number of carbonyl (C=O) groups is 2. The van der Waals surface area contributed by atoms with Crippen molar-refractivity contribution in [3.8, 4) is 11.5 Å². The summed E-state index contributed by atoms with van der Waals surface area (Å²) in [6.45, 7) is 3.78. The van der Waals surface area contributed by atoms with E-state index in [4.69, 9.17) is 26.8 Å². The summed E-state index contributed by atoms with van der Waals surface area (Å²) < 4.78 is 10.5. The van der Waals surface area contributed by atoms with E-state index in [1.165, 1.54) is 13.2 Å². The molecule has 134 valence electrons. The average molecular weight is 378 g/mol. The van der Waals surface area contributed by atoms with Gasteiger partial charge < -0.3 is 25.4 Å². The molecule has 1 heterocycles. The van der Waals surface area contributed by atoms with Gasteiger partial charge >= 0.3 is 0 Å². The highest BCUT2D eigenvalue weighted by molar-refractivity contribution is 6.32. The quantitative estimate of drug-likeness (QED) is 0.800. The first kappa shape index (κ1) is 20.3. The Kier molecular flexibility index (Phi) is 7.59. The summed E-state index contributed by atoms with van der Waals surface area (Å²) in [7, 11) is 1.44. The molecule has 0 spiro atoms. The van der Waals surface area contributed by atoms with Crippen LogP contribution in [0.3, 0.4) is 0 Å². The van der Waals surface area contributed by atoms with E-state index in [0.717, 1.165) is 13.1 Å². The van der Waals surface area contributed by atoms with Gasteiger partial charge in [-0.15, -0.1) is 12.4 Å². The largest absolute Gasteiger partial charge is 0.493 e. The fourth-order valence-corrected chi connectivity index (χ4v) is 2.70. The Morgan fingerprint density at radius 1 is 1.46 bits per heavy atom. The summed E-state index contributed by atoms with van der Waals surface area (Å²) in [6.07, 6.45) is 0. The third-order valence-electron chi connectivity index (χ3n) is 3.60. The molecule has 9 heteroatoms. The molecular weight excluding hydrogens is 357 g/mol. The maximum Gasteiger partial charge on any atom is 0.255 e. The topological polar surface area (TPSA) is 93.9 Å². The normalized spacial score (nSPS) is 17.0. The molecule has 24 heavy (non-hydrogen) atoms. The van der Waals surface area contributed by atoms with E-state index < -0.39 is 5.91 Å². The van der Waals surface area contributed by atoms with Crippen molar-refractivity contribution in [2.75, 3.05) is 33.4 Å². The van der Waals surface area contributed by atoms with Crippen LogP contribution in [0.5, 0.6) is 11.5 Å². The smallest absolute Gasteiger partial charge is 0.255 e. The van der Waals surface area contributed by atoms with Crippen LogP contribution in [0, 0.1) is 0 Å². The summed E-state index contributed by atoms with van der Waals surface area (Å²) in [5.41, 5.74) is 5.47. The van der Waals surface area contributed by atoms with Crippen molar-refractivity contribution >= 4 is 35.8 Å². The molecule has 0 saturated carbocycles. The van der Waals surface area contributed by atoms with Crippen LogP contribution in [-0.2, 0) is 4.79 Å². The van der Waals surface area contributed by atoms with E-state index in [-0.39, 0.29) is 47.5 Å². The van der Waals surface area contributed by atoms with Crippen LogP contribution in [0.25, 0.3) is 0 Å². The molecular formula is C15H21Cl2N3O4. The Hall–Kier alpha value is -1.70. The van der Waals surface area contributed by atoms with Crippen LogP contribution < -0.4 is 20.5 Å². The average Bonchev–Trinajstić information content (AvgIpc) is 2.52. The van der Waals surface area contributed by atoms with Crippen LogP contribution >= 0.6 is 24.0 Å². The van der Waals surface area contributed by atoms with E-state index in [1.54, 1.807) is 11.0 Å². The standard InChI is InChI=1S/C15H20ClN3O4.ClH/c1-9-7-18-3-4-19(9)15(21)10-5-11(16)14(12(6-10)22-2)23-8-13(17)20;/h5-6,9,18H,3-4,7-8H2,1-2H3,(H2,17,20);1H/t9-;/m1./s1. The molecule has 2 rings (SSSR count). The van der Waals surface area contributed by atoms with Crippen LogP contribution in [0.1, 0.15) is 17.3 Å². The van der Waals surface area contributed by atoms with Crippen molar-refractivity contribution in [2.24, 2.45) is 5.73 Å². The van der Waals surface area contributed by atoms with Gasteiger partial charge in [0.05, 0.1) is 12.1 Å². The predicted octanol–water partition coefficient (Wildman–Crippen LogP) is 1.07. The second-order valence-electron chi connectivity index (χ2n) is 5.30. The van der Waals surface area contributed by atoms with Crippen LogP contribution in [-0.4, -0.2) is 56.1 Å². The molecule has 1 saturated heterocycles. The summed E-state index contributed by atoms with van der Waals surface area (Å²) in [4.78, 5) is 25.3. The van der Waals surface area contributed by atoms with Gasteiger partial charge in [-0.2, -0.15) is 0 Å². The van der Waals surface area contributed by atoms with Gasteiger partial charge in [0.2, 0.25) is 0 Å². The lowest BCUT2D eigenvalue weighted by atomic mass is 10.1. The first-order valence-corrected chi connectivity index (χ1v) is 7.62. The molecule has 0 radical (unpaired) electrons. The number of hydrogen-bond donors (Lipinski definition) is 2. The zero-order chi connectivity index (χ0) is 17.0. The highest BCUT2D eigenvalue weighted by Crippen LogP contribution is 2.36. The number of piperazine rings is 1. The number of rotatable bonds is 5. The molecule has 0 aromatic heterocycles. The molecule has 1 aromatic rings. The van der Waals surface area contributed by atoms with Gasteiger partial charge in [0.25, 0.3) is 11.8 Å². The minimum Gasteiger partial charge on any atom is -0.493 e. The number of nitrogens with zero attached hydrogens (tertiary/aromatic N) is 1. The Balaban J connectivity index is 0.00000288. The molecule has 2 amide bonds. The zero-order valence-corrected chi connectivity index (χ0v) is 15.1. The Morgan fingerprint density at radius 3 is 2.75 bits per heavy atom. The van der Waals surface area contributed by atoms with Crippen molar-refractivity contribution < 1.29 is 19.1 Å². The molecule has 0 unspecified atom stereocenters. The minimum atomic E-state index is -0.627. The van der Waals surface area contributed by atoms with Crippen molar-refractivity contribution in [3.05, 3.63) is 22.7 Å². The second kappa shape index (κ2) is 8.96.